The maximum atomic E-state index is 13.5. The van der Waals surface area contributed by atoms with E-state index in [-0.39, 0.29) is 5.69 Å². The predicted molar refractivity (Wildman–Crippen MR) is 153 cm³/mol. The van der Waals surface area contributed by atoms with E-state index in [9.17, 15) is 22.4 Å². The first-order chi connectivity index (χ1) is 20.1. The summed E-state index contributed by atoms with van der Waals surface area (Å²) in [6.45, 7) is 4.00. The molecule has 0 saturated carbocycles. The summed E-state index contributed by atoms with van der Waals surface area (Å²) in [5.41, 5.74) is 3.83. The second-order valence-electron chi connectivity index (χ2n) is 10.1. The van der Waals surface area contributed by atoms with Crippen LogP contribution in [0.2, 0.25) is 0 Å². The fourth-order valence-corrected chi connectivity index (χ4v) is 4.82. The highest BCUT2D eigenvalue weighted by Crippen LogP contribution is 2.33. The summed E-state index contributed by atoms with van der Waals surface area (Å²) in [6, 6.07) is 16.3. The molecule has 4 N–H and O–H groups in total. The Kier molecular flexibility index (Phi) is 7.02. The smallest absolute Gasteiger partial charge is 0.369 e. The first-order valence-corrected chi connectivity index (χ1v) is 13.2. The SMILES string of the molecule is CN1CCN(c2ccc3nc(-c4cc(-c5ccc(NC(=O)Nc6ccc(F)c(C(F)(F)F)c6)cc5)n[nH]4)[nH]c3c2)CC1. The zero-order valence-corrected chi connectivity index (χ0v) is 22.4. The molecule has 216 valence electrons. The molecule has 1 aliphatic heterocycles. The number of amides is 2. The van der Waals surface area contributed by atoms with Crippen LogP contribution in [0.4, 0.5) is 39.4 Å². The fourth-order valence-electron chi connectivity index (χ4n) is 4.82. The maximum absolute atomic E-state index is 13.5. The van der Waals surface area contributed by atoms with Crippen molar-refractivity contribution >= 4 is 34.1 Å². The van der Waals surface area contributed by atoms with Gasteiger partial charge in [0.25, 0.3) is 0 Å². The third kappa shape index (κ3) is 5.77. The van der Waals surface area contributed by atoms with Crippen LogP contribution < -0.4 is 15.5 Å². The third-order valence-electron chi connectivity index (χ3n) is 7.14. The largest absolute Gasteiger partial charge is 0.419 e. The number of carbonyl (C=O) groups is 1. The number of carbonyl (C=O) groups excluding carboxylic acids is 1. The highest BCUT2D eigenvalue weighted by molar-refractivity contribution is 6.00. The zero-order chi connectivity index (χ0) is 29.4. The van der Waals surface area contributed by atoms with Gasteiger partial charge in [0, 0.05) is 48.8 Å². The van der Waals surface area contributed by atoms with Gasteiger partial charge >= 0.3 is 12.2 Å². The van der Waals surface area contributed by atoms with Crippen molar-refractivity contribution in [2.45, 2.75) is 6.18 Å². The number of piperazine rings is 1. The van der Waals surface area contributed by atoms with E-state index < -0.39 is 23.6 Å². The van der Waals surface area contributed by atoms with E-state index in [0.29, 0.717) is 35.0 Å². The van der Waals surface area contributed by atoms with Crippen molar-refractivity contribution in [3.63, 3.8) is 0 Å². The van der Waals surface area contributed by atoms with E-state index >= 15 is 0 Å². The summed E-state index contributed by atoms with van der Waals surface area (Å²) in [5.74, 6) is -0.759. The topological polar surface area (TPSA) is 105 Å². The van der Waals surface area contributed by atoms with Crippen molar-refractivity contribution < 1.29 is 22.4 Å². The van der Waals surface area contributed by atoms with Gasteiger partial charge in [-0.05, 0) is 61.6 Å². The monoisotopic (exact) mass is 578 g/mol. The number of rotatable bonds is 5. The molecular weight excluding hydrogens is 552 g/mol. The lowest BCUT2D eigenvalue weighted by Gasteiger charge is -2.34. The summed E-state index contributed by atoms with van der Waals surface area (Å²) in [6.07, 6.45) is -4.88. The second kappa shape index (κ2) is 10.8. The predicted octanol–water partition coefficient (Wildman–Crippen LogP) is 6.17. The lowest BCUT2D eigenvalue weighted by molar-refractivity contribution is -0.139. The van der Waals surface area contributed by atoms with Gasteiger partial charge in [-0.1, -0.05) is 12.1 Å². The van der Waals surface area contributed by atoms with Crippen LogP contribution in [0.1, 0.15) is 5.56 Å². The summed E-state index contributed by atoms with van der Waals surface area (Å²) in [5, 5.41) is 12.2. The molecule has 0 spiro atoms. The van der Waals surface area contributed by atoms with Crippen molar-refractivity contribution in [3.05, 3.63) is 78.1 Å². The Hall–Kier alpha value is -4.91. The number of alkyl halides is 3. The van der Waals surface area contributed by atoms with Crippen LogP contribution in [0.25, 0.3) is 33.8 Å². The molecule has 3 aromatic carbocycles. The Bertz CT molecular complexity index is 1740. The van der Waals surface area contributed by atoms with Gasteiger partial charge in [-0.3, -0.25) is 5.10 Å². The molecule has 42 heavy (non-hydrogen) atoms. The molecule has 2 aromatic heterocycles. The Morgan fingerprint density at radius 3 is 2.36 bits per heavy atom. The number of halogens is 4. The zero-order valence-electron chi connectivity index (χ0n) is 22.4. The lowest BCUT2D eigenvalue weighted by Crippen LogP contribution is -2.44. The first kappa shape index (κ1) is 27.3. The number of urea groups is 1. The fraction of sp³-hybridized carbons (Fsp3) is 0.207. The first-order valence-electron chi connectivity index (χ1n) is 13.2. The second-order valence-corrected chi connectivity index (χ2v) is 10.1. The Morgan fingerprint density at radius 1 is 0.905 bits per heavy atom. The normalized spacial score (nSPS) is 14.4. The van der Waals surface area contributed by atoms with Crippen molar-refractivity contribution in [2.75, 3.05) is 48.8 Å². The van der Waals surface area contributed by atoms with E-state index in [1.54, 1.807) is 24.3 Å². The van der Waals surface area contributed by atoms with Gasteiger partial charge in [-0.15, -0.1) is 0 Å². The highest BCUT2D eigenvalue weighted by atomic mass is 19.4. The molecule has 0 radical (unpaired) electrons. The number of likely N-dealkylation sites (N-methyl/N-ethyl adjacent to an activating group) is 1. The van der Waals surface area contributed by atoms with Gasteiger partial charge in [0.15, 0.2) is 5.82 Å². The summed E-state index contributed by atoms with van der Waals surface area (Å²) < 4.78 is 52.3. The molecule has 6 rings (SSSR count). The minimum atomic E-state index is -4.88. The molecule has 2 amide bonds. The van der Waals surface area contributed by atoms with Crippen LogP contribution in [0.5, 0.6) is 0 Å². The molecule has 9 nitrogen and oxygen atoms in total. The molecule has 0 aliphatic carbocycles. The number of aromatic amines is 2. The standard InChI is InChI=1S/C29H26F4N8O/c1-40-10-12-41(13-11-40)20-7-9-23-25(15-20)37-27(36-23)26-16-24(38-39-26)17-2-4-18(5-3-17)34-28(42)35-19-6-8-22(30)21(14-19)29(31,32)33/h2-9,14-16H,10-13H2,1H3,(H,36,37)(H,38,39)(H2,34,35,42). The number of nitrogens with zero attached hydrogens (tertiary/aromatic N) is 4. The van der Waals surface area contributed by atoms with Crippen molar-refractivity contribution in [3.8, 4) is 22.8 Å². The van der Waals surface area contributed by atoms with Crippen LogP contribution in [0.15, 0.2) is 66.7 Å². The molecule has 0 bridgehead atoms. The number of hydrogen-bond donors (Lipinski definition) is 4. The van der Waals surface area contributed by atoms with Gasteiger partial charge in [0.1, 0.15) is 11.5 Å². The van der Waals surface area contributed by atoms with Crippen LogP contribution >= 0.6 is 0 Å². The number of fused-ring (bicyclic) bond motifs is 1. The average Bonchev–Trinajstić information content (AvgIpc) is 3.61. The molecule has 13 heteroatoms. The van der Waals surface area contributed by atoms with E-state index in [4.69, 9.17) is 4.98 Å². The summed E-state index contributed by atoms with van der Waals surface area (Å²) in [7, 11) is 2.13. The van der Waals surface area contributed by atoms with Crippen LogP contribution in [-0.2, 0) is 6.18 Å². The van der Waals surface area contributed by atoms with Gasteiger partial charge in [0.05, 0.1) is 22.3 Å². The van der Waals surface area contributed by atoms with E-state index in [1.807, 2.05) is 12.1 Å². The lowest BCUT2D eigenvalue weighted by atomic mass is 10.1. The molecule has 1 aliphatic rings. The van der Waals surface area contributed by atoms with Gasteiger partial charge in [0.2, 0.25) is 0 Å². The molecule has 5 aromatic rings. The number of nitrogens with one attached hydrogen (secondary N) is 4. The number of aromatic nitrogens is 4. The van der Waals surface area contributed by atoms with Crippen molar-refractivity contribution in [2.24, 2.45) is 0 Å². The average molecular weight is 579 g/mol. The highest BCUT2D eigenvalue weighted by Gasteiger charge is 2.34. The van der Waals surface area contributed by atoms with Gasteiger partial charge in [-0.25, -0.2) is 14.2 Å². The van der Waals surface area contributed by atoms with Crippen LogP contribution in [0, 0.1) is 5.82 Å². The Labute approximate surface area is 237 Å². The molecule has 1 saturated heterocycles. The number of anilines is 3. The van der Waals surface area contributed by atoms with Crippen LogP contribution in [0.3, 0.4) is 0 Å². The van der Waals surface area contributed by atoms with Gasteiger partial charge < -0.3 is 25.4 Å². The number of hydrogen-bond acceptors (Lipinski definition) is 5. The number of H-pyrrole nitrogens is 2. The molecule has 3 heterocycles. The minimum Gasteiger partial charge on any atom is -0.369 e. The molecule has 0 unspecified atom stereocenters. The van der Waals surface area contributed by atoms with E-state index in [2.05, 4.69) is 54.8 Å². The third-order valence-corrected chi connectivity index (χ3v) is 7.14. The molecule has 0 atom stereocenters. The Balaban J connectivity index is 1.11. The number of benzene rings is 3. The van der Waals surface area contributed by atoms with E-state index in [1.165, 1.54) is 0 Å². The minimum absolute atomic E-state index is 0.192. The van der Waals surface area contributed by atoms with Crippen molar-refractivity contribution in [1.82, 2.24) is 25.1 Å². The molecule has 1 fully saturated rings. The quantitative estimate of drug-likeness (QED) is 0.187. The van der Waals surface area contributed by atoms with Crippen LogP contribution in [-0.4, -0.2) is 64.3 Å². The van der Waals surface area contributed by atoms with Crippen molar-refractivity contribution in [1.29, 1.82) is 0 Å². The Morgan fingerprint density at radius 2 is 1.62 bits per heavy atom. The maximum Gasteiger partial charge on any atom is 0.419 e. The number of imidazole rings is 1. The molecular formula is C29H26F4N8O. The summed E-state index contributed by atoms with van der Waals surface area (Å²) >= 11 is 0. The van der Waals surface area contributed by atoms with Gasteiger partial charge in [-0.2, -0.15) is 18.3 Å². The summed E-state index contributed by atoms with van der Waals surface area (Å²) in [4.78, 5) is 25.1. The van der Waals surface area contributed by atoms with E-state index in [0.717, 1.165) is 54.5 Å².